The van der Waals surface area contributed by atoms with Crippen LogP contribution in [0, 0.1) is 0 Å². The third-order valence-corrected chi connectivity index (χ3v) is 1.78. The zero-order valence-electron chi connectivity index (χ0n) is 7.73. The van der Waals surface area contributed by atoms with E-state index in [9.17, 15) is 0 Å². The first-order valence-electron chi connectivity index (χ1n) is 4.23. The predicted molar refractivity (Wildman–Crippen MR) is 54.7 cm³/mol. The van der Waals surface area contributed by atoms with Gasteiger partial charge in [-0.15, -0.1) is 0 Å². The lowest BCUT2D eigenvalue weighted by molar-refractivity contribution is 0.214. The molecule has 0 fully saturated rings. The van der Waals surface area contributed by atoms with Gasteiger partial charge in [-0.2, -0.15) is 0 Å². The molecule has 70 valence electrons. The molecule has 0 aliphatic heterocycles. The molecule has 0 aliphatic carbocycles. The van der Waals surface area contributed by atoms with Gasteiger partial charge in [-0.05, 0) is 24.5 Å². The summed E-state index contributed by atoms with van der Waals surface area (Å²) in [5.74, 6) is 0. The molecular formula is C10H14N2O. The molecule has 0 atom stereocenters. The first-order valence-corrected chi connectivity index (χ1v) is 4.23. The van der Waals surface area contributed by atoms with Gasteiger partial charge >= 0.3 is 0 Å². The maximum atomic E-state index is 5.76. The van der Waals surface area contributed by atoms with Crippen molar-refractivity contribution in [3.63, 3.8) is 0 Å². The molecule has 13 heavy (non-hydrogen) atoms. The second-order valence-electron chi connectivity index (χ2n) is 2.71. The Morgan fingerprint density at radius 2 is 2.23 bits per heavy atom. The van der Waals surface area contributed by atoms with Gasteiger partial charge in [-0.3, -0.25) is 0 Å². The van der Waals surface area contributed by atoms with Gasteiger partial charge in [0.1, 0.15) is 7.11 Å². The van der Waals surface area contributed by atoms with Crippen LogP contribution in [0.15, 0.2) is 29.4 Å². The standard InChI is InChI=1S/C10H14N2O/c1-13-12-8-4-6-9-5-2-3-7-10(9)11/h2-3,5,7-8H,4,6,11H2,1H3/b12-8-. The lowest BCUT2D eigenvalue weighted by Gasteiger charge is -2.01. The molecule has 0 heterocycles. The van der Waals surface area contributed by atoms with Gasteiger partial charge in [-0.1, -0.05) is 23.4 Å². The number of nitrogens with zero attached hydrogens (tertiary/aromatic N) is 1. The lowest BCUT2D eigenvalue weighted by Crippen LogP contribution is -1.94. The van der Waals surface area contributed by atoms with Crippen LogP contribution >= 0.6 is 0 Å². The molecule has 0 aliphatic rings. The number of aryl methyl sites for hydroxylation is 1. The second kappa shape index (κ2) is 5.19. The summed E-state index contributed by atoms with van der Waals surface area (Å²) >= 11 is 0. The van der Waals surface area contributed by atoms with E-state index in [4.69, 9.17) is 5.73 Å². The van der Waals surface area contributed by atoms with Gasteiger partial charge in [0.05, 0.1) is 0 Å². The summed E-state index contributed by atoms with van der Waals surface area (Å²) in [6.45, 7) is 0. The molecule has 0 amide bonds. The number of anilines is 1. The van der Waals surface area contributed by atoms with Crippen LogP contribution in [-0.4, -0.2) is 13.3 Å². The minimum atomic E-state index is 0.841. The highest BCUT2D eigenvalue weighted by Gasteiger charge is 1.95. The van der Waals surface area contributed by atoms with Crippen molar-refractivity contribution in [3.05, 3.63) is 29.8 Å². The molecule has 0 unspecified atom stereocenters. The van der Waals surface area contributed by atoms with Crippen molar-refractivity contribution in [3.8, 4) is 0 Å². The SMILES string of the molecule is CO/N=C\CCc1ccccc1N. The molecule has 1 aromatic carbocycles. The average Bonchev–Trinajstić information content (AvgIpc) is 2.15. The molecule has 1 rings (SSSR count). The largest absolute Gasteiger partial charge is 0.399 e. The van der Waals surface area contributed by atoms with Crippen molar-refractivity contribution in [2.24, 2.45) is 5.16 Å². The summed E-state index contributed by atoms with van der Waals surface area (Å²) < 4.78 is 0. The quantitative estimate of drug-likeness (QED) is 0.434. The van der Waals surface area contributed by atoms with Gasteiger partial charge < -0.3 is 10.6 Å². The van der Waals surface area contributed by atoms with Gasteiger partial charge in [0, 0.05) is 11.9 Å². The fourth-order valence-corrected chi connectivity index (χ4v) is 1.11. The Morgan fingerprint density at radius 1 is 1.46 bits per heavy atom. The van der Waals surface area contributed by atoms with E-state index in [1.165, 1.54) is 7.11 Å². The van der Waals surface area contributed by atoms with Crippen molar-refractivity contribution >= 4 is 11.9 Å². The minimum Gasteiger partial charge on any atom is -0.399 e. The molecule has 3 heteroatoms. The number of benzene rings is 1. The summed E-state index contributed by atoms with van der Waals surface area (Å²) in [4.78, 5) is 4.55. The van der Waals surface area contributed by atoms with Crippen LogP contribution in [0.5, 0.6) is 0 Å². The number of hydrogen-bond acceptors (Lipinski definition) is 3. The zero-order valence-corrected chi connectivity index (χ0v) is 7.73. The summed E-state index contributed by atoms with van der Waals surface area (Å²) in [5, 5.41) is 3.65. The first kappa shape index (κ1) is 9.58. The number of para-hydroxylation sites is 1. The van der Waals surface area contributed by atoms with Crippen LogP contribution in [-0.2, 0) is 11.3 Å². The lowest BCUT2D eigenvalue weighted by atomic mass is 10.1. The Labute approximate surface area is 78.2 Å². The summed E-state index contributed by atoms with van der Waals surface area (Å²) in [5.41, 5.74) is 7.76. The maximum absolute atomic E-state index is 5.76. The monoisotopic (exact) mass is 178 g/mol. The molecule has 0 aromatic heterocycles. The molecule has 0 bridgehead atoms. The van der Waals surface area contributed by atoms with E-state index in [-0.39, 0.29) is 0 Å². The number of nitrogen functional groups attached to an aromatic ring is 1. The number of hydrogen-bond donors (Lipinski definition) is 1. The van der Waals surface area contributed by atoms with Gasteiger partial charge in [0.2, 0.25) is 0 Å². The summed E-state index contributed by atoms with van der Waals surface area (Å²) in [7, 11) is 1.54. The smallest absolute Gasteiger partial charge is 0.106 e. The highest BCUT2D eigenvalue weighted by molar-refractivity contribution is 5.58. The summed E-state index contributed by atoms with van der Waals surface area (Å²) in [6.07, 6.45) is 3.49. The average molecular weight is 178 g/mol. The third-order valence-electron chi connectivity index (χ3n) is 1.78. The van der Waals surface area contributed by atoms with Crippen molar-refractivity contribution in [2.45, 2.75) is 12.8 Å². The Balaban J connectivity index is 2.45. The molecule has 2 N–H and O–H groups in total. The Hall–Kier alpha value is -1.51. The van der Waals surface area contributed by atoms with Crippen molar-refractivity contribution in [1.82, 2.24) is 0 Å². The van der Waals surface area contributed by atoms with Crippen molar-refractivity contribution < 1.29 is 4.84 Å². The van der Waals surface area contributed by atoms with Crippen LogP contribution in [0.25, 0.3) is 0 Å². The van der Waals surface area contributed by atoms with E-state index in [0.29, 0.717) is 0 Å². The van der Waals surface area contributed by atoms with Gasteiger partial charge in [0.15, 0.2) is 0 Å². The molecule has 0 saturated heterocycles. The van der Waals surface area contributed by atoms with E-state index in [2.05, 4.69) is 9.99 Å². The zero-order chi connectivity index (χ0) is 9.52. The Morgan fingerprint density at radius 3 is 2.92 bits per heavy atom. The normalized spacial score (nSPS) is 10.5. The predicted octanol–water partition coefficient (Wildman–Crippen LogP) is 1.83. The van der Waals surface area contributed by atoms with Crippen LogP contribution in [0.2, 0.25) is 0 Å². The molecule has 3 nitrogen and oxygen atoms in total. The third kappa shape index (κ3) is 3.15. The van der Waals surface area contributed by atoms with Gasteiger partial charge in [-0.25, -0.2) is 0 Å². The molecule has 0 spiro atoms. The molecule has 0 saturated carbocycles. The van der Waals surface area contributed by atoms with Crippen molar-refractivity contribution in [1.29, 1.82) is 0 Å². The van der Waals surface area contributed by atoms with Crippen LogP contribution in [0.4, 0.5) is 5.69 Å². The maximum Gasteiger partial charge on any atom is 0.106 e. The van der Waals surface area contributed by atoms with E-state index in [0.717, 1.165) is 24.1 Å². The highest BCUT2D eigenvalue weighted by atomic mass is 16.6. The Kier molecular flexibility index (Phi) is 3.82. The number of rotatable bonds is 4. The minimum absolute atomic E-state index is 0.841. The van der Waals surface area contributed by atoms with E-state index >= 15 is 0 Å². The molecule has 1 aromatic rings. The fraction of sp³-hybridized carbons (Fsp3) is 0.300. The van der Waals surface area contributed by atoms with Gasteiger partial charge in [0.25, 0.3) is 0 Å². The molecule has 0 radical (unpaired) electrons. The van der Waals surface area contributed by atoms with E-state index < -0.39 is 0 Å². The fourth-order valence-electron chi connectivity index (χ4n) is 1.11. The number of oxime groups is 1. The Bertz CT molecular complexity index is 284. The second-order valence-corrected chi connectivity index (χ2v) is 2.71. The van der Waals surface area contributed by atoms with Crippen molar-refractivity contribution in [2.75, 3.05) is 12.8 Å². The van der Waals surface area contributed by atoms with Crippen LogP contribution < -0.4 is 5.73 Å². The topological polar surface area (TPSA) is 47.6 Å². The number of nitrogens with two attached hydrogens (primary N) is 1. The first-order chi connectivity index (χ1) is 6.34. The van der Waals surface area contributed by atoms with Crippen LogP contribution in [0.3, 0.4) is 0 Å². The van der Waals surface area contributed by atoms with E-state index in [1.54, 1.807) is 6.21 Å². The van der Waals surface area contributed by atoms with Crippen LogP contribution in [0.1, 0.15) is 12.0 Å². The molecular weight excluding hydrogens is 164 g/mol. The highest BCUT2D eigenvalue weighted by Crippen LogP contribution is 2.11. The van der Waals surface area contributed by atoms with E-state index in [1.807, 2.05) is 24.3 Å². The summed E-state index contributed by atoms with van der Waals surface area (Å²) in [6, 6.07) is 7.85.